The molecular formula is C25H22F7N9O3. The van der Waals surface area contributed by atoms with Gasteiger partial charge >= 0.3 is 12.5 Å². The van der Waals surface area contributed by atoms with Gasteiger partial charge in [-0.25, -0.2) is 9.07 Å². The van der Waals surface area contributed by atoms with E-state index in [0.29, 0.717) is 11.8 Å². The van der Waals surface area contributed by atoms with Gasteiger partial charge in [0.1, 0.15) is 11.9 Å². The first-order chi connectivity index (χ1) is 20.7. The number of rotatable bonds is 12. The molecule has 0 radical (unpaired) electrons. The highest BCUT2D eigenvalue weighted by atomic mass is 19.4. The van der Waals surface area contributed by atoms with Crippen LogP contribution < -0.4 is 15.4 Å². The lowest BCUT2D eigenvalue weighted by Gasteiger charge is -2.10. The Kier molecular flexibility index (Phi) is 9.74. The quantitative estimate of drug-likeness (QED) is 0.227. The molecule has 0 spiro atoms. The van der Waals surface area contributed by atoms with Crippen LogP contribution in [0.2, 0.25) is 0 Å². The van der Waals surface area contributed by atoms with Crippen LogP contribution in [0.15, 0.2) is 55.1 Å². The normalized spacial score (nSPS) is 12.5. The zero-order chi connectivity index (χ0) is 31.9. The number of pyridine rings is 1. The molecule has 1 unspecified atom stereocenters. The fraction of sp³-hybridized carbons (Fsp3) is 0.320. The molecule has 0 saturated carbocycles. The van der Waals surface area contributed by atoms with Crippen molar-refractivity contribution in [3.05, 3.63) is 83.2 Å². The standard InChI is InChI=1S/C25H22F7N9O3/c26-18(4-5-40-13-20(36-38-40)22(42)35-10-16-6-17(11-33-8-16)24(27,28)29)12-41-14-21(37-39-41)23(43)34-9-15-2-1-3-19(7-15)44-25(30,31)32/h1-3,6-8,11,13-14,18H,4-5,9-10,12H2,(H,34,43)(H,35,42). The van der Waals surface area contributed by atoms with E-state index in [2.05, 4.69) is 41.0 Å². The van der Waals surface area contributed by atoms with Crippen molar-refractivity contribution >= 4 is 11.8 Å². The van der Waals surface area contributed by atoms with Gasteiger partial charge in [0, 0.05) is 38.4 Å². The number of amides is 2. The summed E-state index contributed by atoms with van der Waals surface area (Å²) in [5, 5.41) is 19.7. The second-order valence-electron chi connectivity index (χ2n) is 9.22. The summed E-state index contributed by atoms with van der Waals surface area (Å²) in [5.74, 6) is -1.84. The Labute approximate surface area is 243 Å². The highest BCUT2D eigenvalue weighted by Crippen LogP contribution is 2.29. The van der Waals surface area contributed by atoms with Crippen molar-refractivity contribution < 1.29 is 45.1 Å². The summed E-state index contributed by atoms with van der Waals surface area (Å²) in [4.78, 5) is 28.2. The molecule has 44 heavy (non-hydrogen) atoms. The third-order valence-electron chi connectivity index (χ3n) is 5.76. The average molecular weight is 629 g/mol. The van der Waals surface area contributed by atoms with Gasteiger partial charge in [0.05, 0.1) is 24.5 Å². The van der Waals surface area contributed by atoms with Gasteiger partial charge in [-0.15, -0.1) is 23.4 Å². The summed E-state index contributed by atoms with van der Waals surface area (Å²) >= 11 is 0. The van der Waals surface area contributed by atoms with E-state index < -0.39 is 41.8 Å². The van der Waals surface area contributed by atoms with Crippen LogP contribution >= 0.6 is 0 Å². The van der Waals surface area contributed by atoms with Crippen molar-refractivity contribution in [2.45, 2.75) is 51.3 Å². The van der Waals surface area contributed by atoms with Crippen LogP contribution in [0.1, 0.15) is 44.1 Å². The highest BCUT2D eigenvalue weighted by Gasteiger charge is 2.32. The number of halogens is 7. The van der Waals surface area contributed by atoms with Gasteiger partial charge in [-0.2, -0.15) is 13.2 Å². The molecule has 1 aromatic carbocycles. The Morgan fingerprint density at radius 3 is 2.16 bits per heavy atom. The predicted octanol–water partition coefficient (Wildman–Crippen LogP) is 3.47. The van der Waals surface area contributed by atoms with Crippen LogP contribution in [-0.4, -0.2) is 59.3 Å². The Balaban J connectivity index is 1.21. The number of ether oxygens (including phenoxy) is 1. The first-order valence-corrected chi connectivity index (χ1v) is 12.6. The number of hydrogen-bond donors (Lipinski definition) is 2. The number of aromatic nitrogens is 7. The summed E-state index contributed by atoms with van der Waals surface area (Å²) in [7, 11) is 0. The second-order valence-corrected chi connectivity index (χ2v) is 9.22. The Morgan fingerprint density at radius 1 is 0.864 bits per heavy atom. The van der Waals surface area contributed by atoms with Crippen LogP contribution in [0, 0.1) is 0 Å². The number of hydrogen-bond acceptors (Lipinski definition) is 8. The number of nitrogens with zero attached hydrogens (tertiary/aromatic N) is 7. The molecule has 3 aromatic heterocycles. The van der Waals surface area contributed by atoms with Crippen LogP contribution in [0.25, 0.3) is 0 Å². The maximum atomic E-state index is 14.6. The average Bonchev–Trinajstić information content (AvgIpc) is 3.63. The lowest BCUT2D eigenvalue weighted by atomic mass is 10.2. The lowest BCUT2D eigenvalue weighted by Crippen LogP contribution is -2.23. The third-order valence-corrected chi connectivity index (χ3v) is 5.76. The van der Waals surface area contributed by atoms with Crippen molar-refractivity contribution in [3.63, 3.8) is 0 Å². The van der Waals surface area contributed by atoms with Crippen molar-refractivity contribution in [1.29, 1.82) is 0 Å². The Hall–Kier alpha value is -5.10. The van der Waals surface area contributed by atoms with Gasteiger partial charge in [-0.3, -0.25) is 19.3 Å². The summed E-state index contributed by atoms with van der Waals surface area (Å²) < 4.78 is 96.4. The Morgan fingerprint density at radius 2 is 1.50 bits per heavy atom. The van der Waals surface area contributed by atoms with Gasteiger partial charge in [-0.05, 0) is 29.3 Å². The number of carbonyl (C=O) groups excluding carboxylic acids is 2. The molecule has 3 heterocycles. The van der Waals surface area contributed by atoms with Crippen LogP contribution in [0.3, 0.4) is 0 Å². The van der Waals surface area contributed by atoms with Crippen molar-refractivity contribution in [2.24, 2.45) is 0 Å². The molecule has 234 valence electrons. The van der Waals surface area contributed by atoms with Crippen molar-refractivity contribution in [2.75, 3.05) is 0 Å². The maximum Gasteiger partial charge on any atom is 0.573 e. The summed E-state index contributed by atoms with van der Waals surface area (Å²) in [5.41, 5.74) is -0.776. The van der Waals surface area contributed by atoms with E-state index >= 15 is 0 Å². The van der Waals surface area contributed by atoms with Gasteiger partial charge in [0.2, 0.25) is 0 Å². The third kappa shape index (κ3) is 9.46. The monoisotopic (exact) mass is 629 g/mol. The number of nitrogens with one attached hydrogen (secondary N) is 2. The van der Waals surface area contributed by atoms with Gasteiger partial charge in [0.15, 0.2) is 11.4 Å². The maximum absolute atomic E-state index is 14.6. The van der Waals surface area contributed by atoms with Crippen molar-refractivity contribution in [1.82, 2.24) is 45.6 Å². The minimum Gasteiger partial charge on any atom is -0.406 e. The fourth-order valence-electron chi connectivity index (χ4n) is 3.71. The lowest BCUT2D eigenvalue weighted by molar-refractivity contribution is -0.274. The molecule has 0 saturated heterocycles. The molecule has 0 aliphatic heterocycles. The van der Waals surface area contributed by atoms with Gasteiger partial charge < -0.3 is 15.4 Å². The topological polar surface area (TPSA) is 142 Å². The van der Waals surface area contributed by atoms with E-state index in [1.54, 1.807) is 0 Å². The van der Waals surface area contributed by atoms with Crippen molar-refractivity contribution in [3.8, 4) is 5.75 Å². The van der Waals surface area contributed by atoms with E-state index in [-0.39, 0.29) is 49.6 Å². The Bertz CT molecular complexity index is 1590. The molecular weight excluding hydrogens is 607 g/mol. The zero-order valence-corrected chi connectivity index (χ0v) is 22.3. The smallest absolute Gasteiger partial charge is 0.406 e. The molecule has 0 aliphatic carbocycles. The minimum absolute atomic E-state index is 0.0121. The summed E-state index contributed by atoms with van der Waals surface area (Å²) in [6.45, 7) is -0.633. The van der Waals surface area contributed by atoms with E-state index in [1.165, 1.54) is 35.4 Å². The number of carbonyl (C=O) groups is 2. The van der Waals surface area contributed by atoms with Crippen LogP contribution in [-0.2, 0) is 32.4 Å². The fourth-order valence-corrected chi connectivity index (χ4v) is 3.71. The molecule has 0 fully saturated rings. The molecule has 1 atom stereocenters. The molecule has 2 N–H and O–H groups in total. The van der Waals surface area contributed by atoms with Crippen LogP contribution in [0.5, 0.6) is 5.75 Å². The number of benzene rings is 1. The van der Waals surface area contributed by atoms with Gasteiger partial charge in [0.25, 0.3) is 11.8 Å². The van der Waals surface area contributed by atoms with E-state index in [1.807, 2.05) is 0 Å². The SMILES string of the molecule is O=C(NCc1cncc(C(F)(F)F)c1)c1cn(CCC(F)Cn2cc(C(=O)NCc3cccc(OC(F)(F)F)c3)nn2)nn1. The van der Waals surface area contributed by atoms with E-state index in [0.717, 1.165) is 22.9 Å². The molecule has 4 aromatic rings. The number of aryl methyl sites for hydroxylation is 1. The van der Waals surface area contributed by atoms with E-state index in [4.69, 9.17) is 0 Å². The highest BCUT2D eigenvalue weighted by molar-refractivity contribution is 5.92. The molecule has 0 aliphatic rings. The molecule has 12 nitrogen and oxygen atoms in total. The predicted molar refractivity (Wildman–Crippen MR) is 134 cm³/mol. The largest absolute Gasteiger partial charge is 0.573 e. The number of alkyl halides is 7. The summed E-state index contributed by atoms with van der Waals surface area (Å²) in [6, 6.07) is 5.90. The second kappa shape index (κ2) is 13.5. The minimum atomic E-state index is -4.86. The first kappa shape index (κ1) is 31.8. The molecule has 19 heteroatoms. The summed E-state index contributed by atoms with van der Waals surface area (Å²) in [6.07, 6.45) is -6.70. The van der Waals surface area contributed by atoms with Gasteiger partial charge in [-0.1, -0.05) is 22.6 Å². The first-order valence-electron chi connectivity index (χ1n) is 12.6. The molecule has 4 rings (SSSR count). The molecule has 0 bridgehead atoms. The molecule has 2 amide bonds. The zero-order valence-electron chi connectivity index (χ0n) is 22.3. The van der Waals surface area contributed by atoms with Crippen LogP contribution in [0.4, 0.5) is 30.7 Å². The van der Waals surface area contributed by atoms with E-state index in [9.17, 15) is 40.3 Å².